The number of rotatable bonds is 3. The minimum atomic E-state index is -0.813. The van der Waals surface area contributed by atoms with Gasteiger partial charge in [-0.1, -0.05) is 0 Å². The summed E-state index contributed by atoms with van der Waals surface area (Å²) in [5, 5.41) is 11.8. The Morgan fingerprint density at radius 2 is 2.05 bits per heavy atom. The van der Waals surface area contributed by atoms with Crippen molar-refractivity contribution in [2.45, 2.75) is 51.5 Å². The van der Waals surface area contributed by atoms with Crippen LogP contribution in [-0.4, -0.2) is 28.8 Å². The highest BCUT2D eigenvalue weighted by atomic mass is 16.4. The lowest BCUT2D eigenvalue weighted by Crippen LogP contribution is -2.33. The number of carboxylic acids is 1. The summed E-state index contributed by atoms with van der Waals surface area (Å²) in [4.78, 5) is 35.3. The molecule has 1 heterocycles. The van der Waals surface area contributed by atoms with Crippen LogP contribution in [0.4, 0.5) is 0 Å². The number of aliphatic carboxylic acids is 1. The van der Waals surface area contributed by atoms with Gasteiger partial charge in [-0.2, -0.15) is 0 Å². The average molecular weight is 305 g/mol. The van der Waals surface area contributed by atoms with Crippen LogP contribution in [0, 0.1) is 12.8 Å². The quantitative estimate of drug-likeness (QED) is 0.891. The highest BCUT2D eigenvalue weighted by Gasteiger charge is 2.33. The molecule has 118 valence electrons. The van der Waals surface area contributed by atoms with Gasteiger partial charge in [-0.3, -0.25) is 14.4 Å². The number of furan rings is 1. The number of fused-ring (bicyclic) bond motifs is 1. The Bertz CT molecular complexity index is 645. The fourth-order valence-electron chi connectivity index (χ4n) is 3.45. The van der Waals surface area contributed by atoms with Crippen LogP contribution in [0.25, 0.3) is 0 Å². The molecular formula is C16H19NO5. The third-order valence-electron chi connectivity index (χ3n) is 4.63. The van der Waals surface area contributed by atoms with Gasteiger partial charge in [-0.05, 0) is 32.6 Å². The Labute approximate surface area is 127 Å². The van der Waals surface area contributed by atoms with Crippen molar-refractivity contribution in [2.75, 3.05) is 0 Å². The number of hydrogen-bond acceptors (Lipinski definition) is 4. The van der Waals surface area contributed by atoms with E-state index in [0.717, 1.165) is 6.42 Å². The number of amides is 1. The predicted octanol–water partition coefficient (Wildman–Crippen LogP) is 2.09. The van der Waals surface area contributed by atoms with Crippen molar-refractivity contribution < 1.29 is 23.9 Å². The maximum absolute atomic E-state index is 12.4. The second-order valence-electron chi connectivity index (χ2n) is 6.15. The van der Waals surface area contributed by atoms with Gasteiger partial charge in [0.05, 0.1) is 11.5 Å². The van der Waals surface area contributed by atoms with Crippen LogP contribution >= 0.6 is 0 Å². The number of aryl methyl sites for hydroxylation is 1. The summed E-state index contributed by atoms with van der Waals surface area (Å²) in [6.07, 6.45) is 3.60. The monoisotopic (exact) mass is 305 g/mol. The van der Waals surface area contributed by atoms with Gasteiger partial charge in [0, 0.05) is 24.4 Å². The topological polar surface area (TPSA) is 96.6 Å². The predicted molar refractivity (Wildman–Crippen MR) is 76.9 cm³/mol. The SMILES string of the molecule is Cc1c(C(=O)N[C@H]2CC[C@@H](C(=O)O)C2)oc2c1C(=O)CCC2. The Morgan fingerprint density at radius 3 is 2.68 bits per heavy atom. The standard InChI is InChI=1S/C16H19NO5/c1-8-13-11(18)3-2-4-12(13)22-14(8)15(19)17-10-6-5-9(7-10)16(20)21/h9-10H,2-7H2,1H3,(H,17,19)(H,20,21)/t9-,10+/m1/s1. The van der Waals surface area contributed by atoms with Gasteiger partial charge in [0.1, 0.15) is 5.76 Å². The van der Waals surface area contributed by atoms with Gasteiger partial charge in [0.25, 0.3) is 5.91 Å². The third-order valence-corrected chi connectivity index (χ3v) is 4.63. The number of hydrogen-bond donors (Lipinski definition) is 2. The van der Waals surface area contributed by atoms with Crippen molar-refractivity contribution in [2.24, 2.45) is 5.92 Å². The molecule has 0 unspecified atom stereocenters. The first-order valence-electron chi connectivity index (χ1n) is 7.66. The number of ketones is 1. The molecule has 0 radical (unpaired) electrons. The molecule has 0 aliphatic heterocycles. The number of carbonyl (C=O) groups is 3. The van der Waals surface area contributed by atoms with E-state index in [9.17, 15) is 14.4 Å². The van der Waals surface area contributed by atoms with Crippen molar-refractivity contribution in [3.63, 3.8) is 0 Å². The number of carboxylic acid groups (broad SMARTS) is 1. The molecule has 2 N–H and O–H groups in total. The zero-order chi connectivity index (χ0) is 15.9. The van der Waals surface area contributed by atoms with Crippen LogP contribution in [-0.2, 0) is 11.2 Å². The van der Waals surface area contributed by atoms with Crippen LogP contribution in [0.5, 0.6) is 0 Å². The van der Waals surface area contributed by atoms with E-state index in [-0.39, 0.29) is 23.5 Å². The molecule has 0 aromatic carbocycles. The third kappa shape index (κ3) is 2.53. The molecule has 1 aromatic rings. The van der Waals surface area contributed by atoms with Crippen LogP contribution < -0.4 is 5.32 Å². The van der Waals surface area contributed by atoms with Crippen LogP contribution in [0.15, 0.2) is 4.42 Å². The van der Waals surface area contributed by atoms with Gasteiger partial charge in [0.15, 0.2) is 11.5 Å². The molecule has 6 nitrogen and oxygen atoms in total. The summed E-state index contributed by atoms with van der Waals surface area (Å²) >= 11 is 0. The largest absolute Gasteiger partial charge is 0.481 e. The summed E-state index contributed by atoms with van der Waals surface area (Å²) in [6.45, 7) is 1.73. The zero-order valence-electron chi connectivity index (χ0n) is 12.5. The molecule has 2 atom stereocenters. The Hall–Kier alpha value is -2.11. The first-order chi connectivity index (χ1) is 10.5. The van der Waals surface area contributed by atoms with Crippen molar-refractivity contribution in [1.29, 1.82) is 0 Å². The van der Waals surface area contributed by atoms with E-state index in [0.29, 0.717) is 49.0 Å². The maximum atomic E-state index is 12.4. The molecule has 0 saturated heterocycles. The average Bonchev–Trinajstić information content (AvgIpc) is 3.05. The Morgan fingerprint density at radius 1 is 1.27 bits per heavy atom. The van der Waals surface area contributed by atoms with Crippen LogP contribution in [0.2, 0.25) is 0 Å². The van der Waals surface area contributed by atoms with E-state index in [1.54, 1.807) is 6.92 Å². The lowest BCUT2D eigenvalue weighted by atomic mass is 9.94. The normalized spacial score (nSPS) is 24.1. The summed E-state index contributed by atoms with van der Waals surface area (Å²) in [6, 6.07) is -0.147. The van der Waals surface area contributed by atoms with Gasteiger partial charge in [-0.25, -0.2) is 0 Å². The molecule has 2 aliphatic rings. The fraction of sp³-hybridized carbons (Fsp3) is 0.562. The highest BCUT2D eigenvalue weighted by Crippen LogP contribution is 2.30. The van der Waals surface area contributed by atoms with Crippen LogP contribution in [0.1, 0.15) is 64.3 Å². The molecule has 1 amide bonds. The Balaban J connectivity index is 1.74. The van der Waals surface area contributed by atoms with Crippen molar-refractivity contribution in [1.82, 2.24) is 5.32 Å². The fourth-order valence-corrected chi connectivity index (χ4v) is 3.45. The van der Waals surface area contributed by atoms with Gasteiger partial charge >= 0.3 is 5.97 Å². The van der Waals surface area contributed by atoms with E-state index in [4.69, 9.17) is 9.52 Å². The van der Waals surface area contributed by atoms with Crippen molar-refractivity contribution in [3.8, 4) is 0 Å². The molecule has 1 fully saturated rings. The van der Waals surface area contributed by atoms with Gasteiger partial charge < -0.3 is 14.8 Å². The zero-order valence-corrected chi connectivity index (χ0v) is 12.5. The molecule has 1 saturated carbocycles. The van der Waals surface area contributed by atoms with E-state index in [1.807, 2.05) is 0 Å². The van der Waals surface area contributed by atoms with E-state index in [2.05, 4.69) is 5.32 Å². The van der Waals surface area contributed by atoms with Gasteiger partial charge in [0.2, 0.25) is 0 Å². The minimum absolute atomic E-state index is 0.0355. The summed E-state index contributed by atoms with van der Waals surface area (Å²) in [7, 11) is 0. The summed E-state index contributed by atoms with van der Waals surface area (Å²) in [5.74, 6) is -0.721. The molecule has 3 rings (SSSR count). The lowest BCUT2D eigenvalue weighted by molar-refractivity contribution is -0.141. The molecule has 2 aliphatic carbocycles. The first kappa shape index (κ1) is 14.8. The smallest absolute Gasteiger partial charge is 0.306 e. The minimum Gasteiger partial charge on any atom is -0.481 e. The summed E-state index contributed by atoms with van der Waals surface area (Å²) < 4.78 is 5.60. The van der Waals surface area contributed by atoms with Crippen molar-refractivity contribution >= 4 is 17.7 Å². The first-order valence-corrected chi connectivity index (χ1v) is 7.66. The molecule has 0 spiro atoms. The van der Waals surface area contributed by atoms with Crippen molar-refractivity contribution in [3.05, 3.63) is 22.6 Å². The molecule has 22 heavy (non-hydrogen) atoms. The Kier molecular flexibility index (Phi) is 3.76. The number of nitrogens with one attached hydrogen (secondary N) is 1. The molecular weight excluding hydrogens is 286 g/mol. The molecule has 0 bridgehead atoms. The summed E-state index contributed by atoms with van der Waals surface area (Å²) in [5.41, 5.74) is 1.16. The second-order valence-corrected chi connectivity index (χ2v) is 6.15. The van der Waals surface area contributed by atoms with Crippen LogP contribution in [0.3, 0.4) is 0 Å². The highest BCUT2D eigenvalue weighted by molar-refractivity contribution is 6.03. The maximum Gasteiger partial charge on any atom is 0.306 e. The molecule has 1 aromatic heterocycles. The van der Waals surface area contributed by atoms with Gasteiger partial charge in [-0.15, -0.1) is 0 Å². The van der Waals surface area contributed by atoms with E-state index < -0.39 is 11.9 Å². The number of carbonyl (C=O) groups excluding carboxylic acids is 2. The lowest BCUT2D eigenvalue weighted by Gasteiger charge is -2.11. The second kappa shape index (κ2) is 5.59. The number of Topliss-reactive ketones (excluding diaryl/α,β-unsaturated/α-hetero) is 1. The van der Waals surface area contributed by atoms with E-state index in [1.165, 1.54) is 0 Å². The van der Waals surface area contributed by atoms with E-state index >= 15 is 0 Å². The molecule has 6 heteroatoms.